The summed E-state index contributed by atoms with van der Waals surface area (Å²) >= 11 is 0. The van der Waals surface area contributed by atoms with Crippen molar-refractivity contribution in [1.29, 1.82) is 0 Å². The van der Waals surface area contributed by atoms with Crippen molar-refractivity contribution in [2.45, 2.75) is 27.0 Å². The summed E-state index contributed by atoms with van der Waals surface area (Å²) in [6.45, 7) is 7.09. The normalized spacial score (nSPS) is 14.7. The minimum absolute atomic E-state index is 0. The minimum atomic E-state index is 0. The van der Waals surface area contributed by atoms with Crippen LogP contribution in [0.15, 0.2) is 48.5 Å². The first-order valence-electron chi connectivity index (χ1n) is 8.87. The van der Waals surface area contributed by atoms with Gasteiger partial charge in [0.2, 0.25) is 5.91 Å². The first-order valence-corrected chi connectivity index (χ1v) is 8.87. The van der Waals surface area contributed by atoms with Gasteiger partial charge in [0.05, 0.1) is 0 Å². The molecule has 1 saturated heterocycles. The lowest BCUT2D eigenvalue weighted by Crippen LogP contribution is -2.49. The van der Waals surface area contributed by atoms with Gasteiger partial charge in [-0.3, -0.25) is 4.79 Å². The van der Waals surface area contributed by atoms with E-state index >= 15 is 0 Å². The second-order valence-electron chi connectivity index (χ2n) is 6.85. The van der Waals surface area contributed by atoms with Crippen LogP contribution >= 0.6 is 12.4 Å². The number of halogens is 1. The lowest BCUT2D eigenvalue weighted by atomic mass is 9.88. The third-order valence-corrected chi connectivity index (χ3v) is 4.81. The Morgan fingerprint density at radius 1 is 1.19 bits per heavy atom. The monoisotopic (exact) mass is 374 g/mol. The number of benzene rings is 2. The molecule has 0 radical (unpaired) electrons. The fourth-order valence-corrected chi connectivity index (χ4v) is 2.90. The lowest BCUT2D eigenvalue weighted by Gasteiger charge is -2.31. The van der Waals surface area contributed by atoms with Crippen LogP contribution in [0.4, 0.5) is 0 Å². The van der Waals surface area contributed by atoms with Crippen LogP contribution in [0.2, 0.25) is 0 Å². The van der Waals surface area contributed by atoms with Gasteiger partial charge in [0, 0.05) is 12.5 Å². The number of ether oxygens (including phenoxy) is 1. The van der Waals surface area contributed by atoms with Gasteiger partial charge in [-0.1, -0.05) is 48.9 Å². The van der Waals surface area contributed by atoms with Gasteiger partial charge < -0.3 is 15.4 Å². The molecule has 5 heteroatoms. The van der Waals surface area contributed by atoms with Gasteiger partial charge in [-0.2, -0.15) is 0 Å². The van der Waals surface area contributed by atoms with E-state index in [-0.39, 0.29) is 24.2 Å². The van der Waals surface area contributed by atoms with Crippen molar-refractivity contribution >= 4 is 18.3 Å². The van der Waals surface area contributed by atoms with E-state index in [2.05, 4.69) is 35.8 Å². The van der Waals surface area contributed by atoms with Crippen LogP contribution in [0.3, 0.4) is 0 Å². The van der Waals surface area contributed by atoms with Gasteiger partial charge in [-0.25, -0.2) is 0 Å². The summed E-state index contributed by atoms with van der Waals surface area (Å²) in [5.74, 6) is 1.51. The van der Waals surface area contributed by atoms with E-state index < -0.39 is 0 Å². The number of carbonyl (C=O) groups is 1. The molecule has 0 bridgehead atoms. The smallest absolute Gasteiger partial charge is 0.223 e. The summed E-state index contributed by atoms with van der Waals surface area (Å²) in [7, 11) is 0. The third kappa shape index (κ3) is 5.48. The van der Waals surface area contributed by atoms with Crippen molar-refractivity contribution in [3.8, 4) is 5.75 Å². The zero-order valence-corrected chi connectivity index (χ0v) is 16.1. The molecule has 2 N–H and O–H groups in total. The van der Waals surface area contributed by atoms with Crippen LogP contribution in [0.25, 0.3) is 0 Å². The van der Waals surface area contributed by atoms with Crippen molar-refractivity contribution in [3.05, 3.63) is 65.2 Å². The van der Waals surface area contributed by atoms with Crippen LogP contribution in [-0.4, -0.2) is 19.0 Å². The minimum Gasteiger partial charge on any atom is -0.489 e. The fraction of sp³-hybridized carbons (Fsp3) is 0.381. The quantitative estimate of drug-likeness (QED) is 0.780. The predicted octanol–water partition coefficient (Wildman–Crippen LogP) is 3.47. The van der Waals surface area contributed by atoms with Crippen LogP contribution in [-0.2, 0) is 17.9 Å². The SMILES string of the molecule is Cc1cccc(COc2ccc(CNC(=O)C(C)C3CNC3)cc2)c1.Cl. The summed E-state index contributed by atoms with van der Waals surface area (Å²) < 4.78 is 5.83. The van der Waals surface area contributed by atoms with Crippen molar-refractivity contribution in [2.24, 2.45) is 11.8 Å². The molecule has 140 valence electrons. The molecule has 26 heavy (non-hydrogen) atoms. The molecule has 1 heterocycles. The zero-order valence-electron chi connectivity index (χ0n) is 15.3. The molecule has 4 nitrogen and oxygen atoms in total. The molecule has 2 aromatic carbocycles. The summed E-state index contributed by atoms with van der Waals surface area (Å²) in [4.78, 5) is 12.1. The van der Waals surface area contributed by atoms with Crippen LogP contribution < -0.4 is 15.4 Å². The molecule has 1 aliphatic rings. The van der Waals surface area contributed by atoms with Crippen LogP contribution in [0, 0.1) is 18.8 Å². The Labute approximate surface area is 161 Å². The van der Waals surface area contributed by atoms with Crippen LogP contribution in [0.1, 0.15) is 23.6 Å². The second kappa shape index (κ2) is 9.60. The molecule has 0 spiro atoms. The Hall–Kier alpha value is -2.04. The molecule has 1 unspecified atom stereocenters. The van der Waals surface area contributed by atoms with Gasteiger partial charge in [0.25, 0.3) is 0 Å². The summed E-state index contributed by atoms with van der Waals surface area (Å²) in [5.41, 5.74) is 3.48. The van der Waals surface area contributed by atoms with Gasteiger partial charge >= 0.3 is 0 Å². The molecule has 0 aliphatic carbocycles. The van der Waals surface area contributed by atoms with E-state index in [1.807, 2.05) is 37.3 Å². The van der Waals surface area contributed by atoms with Gasteiger partial charge in [-0.05, 0) is 49.2 Å². The van der Waals surface area contributed by atoms with Gasteiger partial charge in [-0.15, -0.1) is 12.4 Å². The zero-order chi connectivity index (χ0) is 17.6. The largest absolute Gasteiger partial charge is 0.489 e. The number of hydrogen-bond acceptors (Lipinski definition) is 3. The Morgan fingerprint density at radius 3 is 2.54 bits per heavy atom. The molecule has 1 amide bonds. The average molecular weight is 375 g/mol. The Balaban J connectivity index is 0.00000243. The van der Waals surface area contributed by atoms with E-state index in [0.717, 1.165) is 30.0 Å². The Bertz CT molecular complexity index is 714. The lowest BCUT2D eigenvalue weighted by molar-refractivity contribution is -0.126. The van der Waals surface area contributed by atoms with E-state index in [9.17, 15) is 4.79 Å². The number of nitrogens with one attached hydrogen (secondary N) is 2. The maximum absolute atomic E-state index is 12.1. The summed E-state index contributed by atoms with van der Waals surface area (Å²) in [6, 6.07) is 16.2. The first kappa shape index (κ1) is 20.3. The molecular weight excluding hydrogens is 348 g/mol. The topological polar surface area (TPSA) is 50.4 Å². The Morgan fingerprint density at radius 2 is 1.92 bits per heavy atom. The van der Waals surface area contributed by atoms with Gasteiger partial charge in [0.15, 0.2) is 0 Å². The molecule has 2 aromatic rings. The van der Waals surface area contributed by atoms with E-state index in [0.29, 0.717) is 19.1 Å². The molecule has 0 aromatic heterocycles. The maximum Gasteiger partial charge on any atom is 0.223 e. The molecule has 1 aliphatic heterocycles. The summed E-state index contributed by atoms with van der Waals surface area (Å²) in [5, 5.41) is 6.23. The fourth-order valence-electron chi connectivity index (χ4n) is 2.90. The van der Waals surface area contributed by atoms with Gasteiger partial charge in [0.1, 0.15) is 12.4 Å². The highest BCUT2D eigenvalue weighted by molar-refractivity contribution is 5.85. The maximum atomic E-state index is 12.1. The predicted molar refractivity (Wildman–Crippen MR) is 107 cm³/mol. The van der Waals surface area contributed by atoms with Crippen molar-refractivity contribution in [2.75, 3.05) is 13.1 Å². The molecule has 0 saturated carbocycles. The second-order valence-corrected chi connectivity index (χ2v) is 6.85. The van der Waals surface area contributed by atoms with E-state index in [1.54, 1.807) is 0 Å². The molecular formula is C21H27ClN2O2. The first-order chi connectivity index (χ1) is 12.1. The van der Waals surface area contributed by atoms with Crippen molar-refractivity contribution in [3.63, 3.8) is 0 Å². The molecule has 1 fully saturated rings. The molecule has 1 atom stereocenters. The number of aryl methyl sites for hydroxylation is 1. The average Bonchev–Trinajstić information content (AvgIpc) is 2.57. The number of hydrogen-bond donors (Lipinski definition) is 2. The standard InChI is InChI=1S/C21H26N2O2.ClH/c1-15-4-3-5-18(10-15)14-25-20-8-6-17(7-9-20)11-23-21(24)16(2)19-12-22-13-19;/h3-10,16,19,22H,11-14H2,1-2H3,(H,23,24);1H. The summed E-state index contributed by atoms with van der Waals surface area (Å²) in [6.07, 6.45) is 0. The highest BCUT2D eigenvalue weighted by atomic mass is 35.5. The van der Waals surface area contributed by atoms with E-state index in [4.69, 9.17) is 4.74 Å². The Kier molecular flexibility index (Phi) is 7.49. The molecule has 3 rings (SSSR count). The highest BCUT2D eigenvalue weighted by Gasteiger charge is 2.28. The third-order valence-electron chi connectivity index (χ3n) is 4.81. The number of rotatable bonds is 7. The van der Waals surface area contributed by atoms with E-state index in [1.165, 1.54) is 5.56 Å². The van der Waals surface area contributed by atoms with Crippen LogP contribution in [0.5, 0.6) is 5.75 Å². The van der Waals surface area contributed by atoms with Crippen molar-refractivity contribution in [1.82, 2.24) is 10.6 Å². The van der Waals surface area contributed by atoms with Crippen molar-refractivity contribution < 1.29 is 9.53 Å². The highest BCUT2D eigenvalue weighted by Crippen LogP contribution is 2.17. The number of carbonyl (C=O) groups excluding carboxylic acids is 1. The number of amides is 1.